The van der Waals surface area contributed by atoms with Crippen LogP contribution in [0.25, 0.3) is 0 Å². The summed E-state index contributed by atoms with van der Waals surface area (Å²) < 4.78 is 0. The molecule has 86 valence electrons. The molecule has 3 heterocycles. The number of thioether (sulfide) groups is 1. The van der Waals surface area contributed by atoms with Crippen LogP contribution in [0.15, 0.2) is 29.5 Å². The van der Waals surface area contributed by atoms with E-state index in [2.05, 4.69) is 21.9 Å². The monoisotopic (exact) mass is 245 g/mol. The molecular weight excluding hydrogens is 234 g/mol. The van der Waals surface area contributed by atoms with Gasteiger partial charge in [-0.05, 0) is 11.6 Å². The molecule has 1 N–H and O–H groups in total. The van der Waals surface area contributed by atoms with Gasteiger partial charge in [0.1, 0.15) is 5.25 Å². The maximum atomic E-state index is 11.8. The van der Waals surface area contributed by atoms with Crippen LogP contribution in [-0.4, -0.2) is 22.9 Å². The van der Waals surface area contributed by atoms with Crippen LogP contribution >= 0.6 is 11.8 Å². The first-order valence-corrected chi connectivity index (χ1v) is 6.40. The van der Waals surface area contributed by atoms with Crippen molar-refractivity contribution in [1.29, 1.82) is 0 Å². The Morgan fingerprint density at radius 1 is 1.53 bits per heavy atom. The summed E-state index contributed by atoms with van der Waals surface area (Å²) in [6, 6.07) is 1.96. The molecule has 0 saturated carbocycles. The first-order chi connectivity index (χ1) is 8.24. The molecule has 0 aliphatic carbocycles. The Morgan fingerprint density at radius 3 is 3.24 bits per heavy atom. The van der Waals surface area contributed by atoms with Crippen molar-refractivity contribution in [2.45, 2.75) is 11.7 Å². The van der Waals surface area contributed by atoms with Gasteiger partial charge >= 0.3 is 0 Å². The van der Waals surface area contributed by atoms with Crippen LogP contribution in [-0.2, 0) is 11.2 Å². The Hall–Kier alpha value is -1.62. The predicted octanol–water partition coefficient (Wildman–Crippen LogP) is 1.76. The summed E-state index contributed by atoms with van der Waals surface area (Å²) in [6.45, 7) is 3.76. The quantitative estimate of drug-likeness (QED) is 0.820. The van der Waals surface area contributed by atoms with Crippen molar-refractivity contribution >= 4 is 29.6 Å². The van der Waals surface area contributed by atoms with Gasteiger partial charge in [0, 0.05) is 30.3 Å². The Morgan fingerprint density at radius 2 is 2.41 bits per heavy atom. The number of hydrogen-bond donors (Lipinski definition) is 1. The van der Waals surface area contributed by atoms with Gasteiger partial charge in [0.05, 0.1) is 11.4 Å². The SMILES string of the molecule is C=C1CSC(c2cnc3c(c2)N=CC3)C(=O)N1. The number of rotatable bonds is 1. The second-order valence-corrected chi connectivity index (χ2v) is 5.13. The fourth-order valence-corrected chi connectivity index (χ4v) is 2.89. The summed E-state index contributed by atoms with van der Waals surface area (Å²) in [5.41, 5.74) is 3.56. The van der Waals surface area contributed by atoms with Crippen molar-refractivity contribution < 1.29 is 4.79 Å². The number of fused-ring (bicyclic) bond motifs is 1. The standard InChI is InChI=1S/C12H11N3OS/c1-7-6-17-11(12(16)15-7)8-4-10-9(14-5-8)2-3-13-10/h3-5,11H,1-2,6H2,(H,15,16). The molecule has 2 aliphatic rings. The van der Waals surface area contributed by atoms with E-state index in [0.717, 1.165) is 34.8 Å². The Kier molecular flexibility index (Phi) is 2.48. The number of nitrogens with zero attached hydrogens (tertiary/aromatic N) is 2. The van der Waals surface area contributed by atoms with Gasteiger partial charge in [-0.2, -0.15) is 0 Å². The van der Waals surface area contributed by atoms with E-state index in [-0.39, 0.29) is 11.2 Å². The van der Waals surface area contributed by atoms with Gasteiger partial charge in [-0.15, -0.1) is 11.8 Å². The molecule has 0 aromatic carbocycles. The molecule has 1 saturated heterocycles. The third-order valence-corrected chi connectivity index (χ3v) is 4.08. The molecule has 5 heteroatoms. The molecule has 1 amide bonds. The third-order valence-electron chi connectivity index (χ3n) is 2.75. The highest BCUT2D eigenvalue weighted by Crippen LogP contribution is 2.35. The summed E-state index contributed by atoms with van der Waals surface area (Å²) in [4.78, 5) is 20.4. The van der Waals surface area contributed by atoms with Gasteiger partial charge in [0.15, 0.2) is 0 Å². The van der Waals surface area contributed by atoms with Gasteiger partial charge < -0.3 is 5.32 Å². The molecule has 2 aliphatic heterocycles. The first kappa shape index (κ1) is 10.5. The third kappa shape index (κ3) is 1.86. The zero-order valence-electron chi connectivity index (χ0n) is 9.14. The van der Waals surface area contributed by atoms with Crippen LogP contribution in [0, 0.1) is 0 Å². The van der Waals surface area contributed by atoms with Crippen LogP contribution in [0.3, 0.4) is 0 Å². The summed E-state index contributed by atoms with van der Waals surface area (Å²) >= 11 is 1.57. The molecule has 1 aromatic rings. The molecule has 0 spiro atoms. The summed E-state index contributed by atoms with van der Waals surface area (Å²) in [5, 5.41) is 2.58. The Balaban J connectivity index is 1.91. The molecular formula is C12H11N3OS. The number of amides is 1. The maximum absolute atomic E-state index is 11.8. The van der Waals surface area contributed by atoms with E-state index >= 15 is 0 Å². The van der Waals surface area contributed by atoms with E-state index in [0.29, 0.717) is 0 Å². The average Bonchev–Trinajstić information content (AvgIpc) is 2.75. The second-order valence-electron chi connectivity index (χ2n) is 4.03. The molecule has 0 radical (unpaired) electrons. The van der Waals surface area contributed by atoms with Crippen molar-refractivity contribution in [3.63, 3.8) is 0 Å². The van der Waals surface area contributed by atoms with Gasteiger partial charge in [0.25, 0.3) is 0 Å². The van der Waals surface area contributed by atoms with Crippen LogP contribution in [0.4, 0.5) is 5.69 Å². The number of carbonyl (C=O) groups excluding carboxylic acids is 1. The van der Waals surface area contributed by atoms with Crippen LogP contribution < -0.4 is 5.32 Å². The zero-order chi connectivity index (χ0) is 11.8. The van der Waals surface area contributed by atoms with Crippen LogP contribution in [0.1, 0.15) is 16.5 Å². The first-order valence-electron chi connectivity index (χ1n) is 5.35. The van der Waals surface area contributed by atoms with Gasteiger partial charge in [-0.1, -0.05) is 6.58 Å². The van der Waals surface area contributed by atoms with Gasteiger partial charge in [0.2, 0.25) is 5.91 Å². The fraction of sp³-hybridized carbons (Fsp3) is 0.250. The molecule has 17 heavy (non-hydrogen) atoms. The van der Waals surface area contributed by atoms with E-state index in [4.69, 9.17) is 0 Å². The molecule has 1 aromatic heterocycles. The molecule has 3 rings (SSSR count). The van der Waals surface area contributed by atoms with Crippen molar-refractivity contribution in [1.82, 2.24) is 10.3 Å². The minimum Gasteiger partial charge on any atom is -0.328 e. The normalized spacial score (nSPS) is 22.5. The average molecular weight is 245 g/mol. The highest BCUT2D eigenvalue weighted by molar-refractivity contribution is 8.00. The van der Waals surface area contributed by atoms with Crippen molar-refractivity contribution in [2.24, 2.45) is 4.99 Å². The van der Waals surface area contributed by atoms with Gasteiger partial charge in [-0.3, -0.25) is 14.8 Å². The highest BCUT2D eigenvalue weighted by atomic mass is 32.2. The molecule has 0 bridgehead atoms. The second kappa shape index (κ2) is 4.00. The van der Waals surface area contributed by atoms with Crippen LogP contribution in [0.2, 0.25) is 0 Å². The lowest BCUT2D eigenvalue weighted by atomic mass is 10.1. The summed E-state index contributed by atoms with van der Waals surface area (Å²) in [6.07, 6.45) is 4.41. The number of aromatic nitrogens is 1. The predicted molar refractivity (Wildman–Crippen MR) is 68.6 cm³/mol. The summed E-state index contributed by atoms with van der Waals surface area (Å²) in [7, 11) is 0. The van der Waals surface area contributed by atoms with Gasteiger partial charge in [-0.25, -0.2) is 0 Å². The van der Waals surface area contributed by atoms with Crippen molar-refractivity contribution in [3.05, 3.63) is 35.8 Å². The van der Waals surface area contributed by atoms with Crippen LogP contribution in [0.5, 0.6) is 0 Å². The highest BCUT2D eigenvalue weighted by Gasteiger charge is 2.27. The topological polar surface area (TPSA) is 54.4 Å². The minimum absolute atomic E-state index is 0.0185. The molecule has 1 unspecified atom stereocenters. The Bertz CT molecular complexity index is 539. The number of carbonyl (C=O) groups is 1. The van der Waals surface area contributed by atoms with Crippen molar-refractivity contribution in [3.8, 4) is 0 Å². The fourth-order valence-electron chi connectivity index (χ4n) is 1.92. The lowest BCUT2D eigenvalue weighted by Gasteiger charge is -2.23. The molecule has 4 nitrogen and oxygen atoms in total. The summed E-state index contributed by atoms with van der Waals surface area (Å²) in [5.74, 6) is 0.728. The van der Waals surface area contributed by atoms with E-state index in [1.165, 1.54) is 0 Å². The van der Waals surface area contributed by atoms with E-state index < -0.39 is 0 Å². The van der Waals surface area contributed by atoms with E-state index in [1.54, 1.807) is 18.0 Å². The number of nitrogens with one attached hydrogen (secondary N) is 1. The minimum atomic E-state index is -0.200. The maximum Gasteiger partial charge on any atom is 0.241 e. The number of pyridine rings is 1. The van der Waals surface area contributed by atoms with Crippen molar-refractivity contribution in [2.75, 3.05) is 5.75 Å². The Labute approximate surface area is 103 Å². The zero-order valence-corrected chi connectivity index (χ0v) is 9.96. The number of aliphatic imine (C=N–C) groups is 1. The lowest BCUT2D eigenvalue weighted by Crippen LogP contribution is -2.32. The molecule has 1 fully saturated rings. The largest absolute Gasteiger partial charge is 0.328 e. The lowest BCUT2D eigenvalue weighted by molar-refractivity contribution is -0.120. The van der Waals surface area contributed by atoms with E-state index in [1.807, 2.05) is 12.3 Å². The smallest absolute Gasteiger partial charge is 0.241 e. The molecule has 1 atom stereocenters. The number of hydrogen-bond acceptors (Lipinski definition) is 4. The van der Waals surface area contributed by atoms with E-state index in [9.17, 15) is 4.79 Å².